The standard InChI is InChI=1S/C15H17N7O/c1-23-13-11(6-5-7-17-13)18-14-19-12(10-16)20-15(21-14)22-8-3-2-4-9-22/h5-7H,2-4,8-9H2,1H3,(H,18,19,20,21). The molecule has 0 atom stereocenters. The van der Waals surface area contributed by atoms with Crippen molar-refractivity contribution in [3.8, 4) is 11.9 Å². The van der Waals surface area contributed by atoms with Gasteiger partial charge in [-0.05, 0) is 31.4 Å². The summed E-state index contributed by atoms with van der Waals surface area (Å²) in [4.78, 5) is 19.0. The molecule has 1 N–H and O–H groups in total. The Kier molecular flexibility index (Phi) is 4.47. The van der Waals surface area contributed by atoms with Gasteiger partial charge >= 0.3 is 0 Å². The van der Waals surface area contributed by atoms with Gasteiger partial charge in [-0.25, -0.2) is 4.98 Å². The molecule has 1 aliphatic rings. The zero-order valence-corrected chi connectivity index (χ0v) is 12.9. The molecule has 8 nitrogen and oxygen atoms in total. The number of pyridine rings is 1. The minimum absolute atomic E-state index is 0.0888. The minimum Gasteiger partial charge on any atom is -0.480 e. The molecule has 0 spiro atoms. The van der Waals surface area contributed by atoms with E-state index >= 15 is 0 Å². The van der Waals surface area contributed by atoms with E-state index in [1.165, 1.54) is 6.42 Å². The molecule has 1 saturated heterocycles. The largest absolute Gasteiger partial charge is 0.480 e. The molecule has 118 valence electrons. The van der Waals surface area contributed by atoms with E-state index in [2.05, 4.69) is 30.2 Å². The summed E-state index contributed by atoms with van der Waals surface area (Å²) in [6.07, 6.45) is 5.06. The second-order valence-electron chi connectivity index (χ2n) is 5.13. The van der Waals surface area contributed by atoms with E-state index in [1.807, 2.05) is 12.1 Å². The lowest BCUT2D eigenvalue weighted by Crippen LogP contribution is -2.31. The Morgan fingerprint density at radius 1 is 1.22 bits per heavy atom. The summed E-state index contributed by atoms with van der Waals surface area (Å²) in [7, 11) is 1.54. The lowest BCUT2D eigenvalue weighted by Gasteiger charge is -2.26. The van der Waals surface area contributed by atoms with Crippen LogP contribution in [-0.2, 0) is 0 Å². The second-order valence-corrected chi connectivity index (χ2v) is 5.13. The summed E-state index contributed by atoms with van der Waals surface area (Å²) < 4.78 is 5.20. The molecule has 0 aromatic carbocycles. The Labute approximate surface area is 134 Å². The fourth-order valence-corrected chi connectivity index (χ4v) is 2.48. The quantitative estimate of drug-likeness (QED) is 0.913. The van der Waals surface area contributed by atoms with E-state index in [4.69, 9.17) is 10.00 Å². The molecular weight excluding hydrogens is 294 g/mol. The number of aromatic nitrogens is 4. The van der Waals surface area contributed by atoms with Gasteiger partial charge in [0.2, 0.25) is 23.6 Å². The van der Waals surface area contributed by atoms with Crippen LogP contribution in [0.25, 0.3) is 0 Å². The number of nitrogens with one attached hydrogen (secondary N) is 1. The van der Waals surface area contributed by atoms with Crippen molar-refractivity contribution >= 4 is 17.6 Å². The van der Waals surface area contributed by atoms with Crippen molar-refractivity contribution in [1.29, 1.82) is 5.26 Å². The number of hydrogen-bond donors (Lipinski definition) is 1. The predicted molar refractivity (Wildman–Crippen MR) is 84.7 cm³/mol. The van der Waals surface area contributed by atoms with Crippen LogP contribution in [0, 0.1) is 11.3 Å². The van der Waals surface area contributed by atoms with E-state index < -0.39 is 0 Å². The van der Waals surface area contributed by atoms with Crippen LogP contribution in [-0.4, -0.2) is 40.1 Å². The Balaban J connectivity index is 1.91. The molecule has 8 heteroatoms. The molecule has 0 saturated carbocycles. The molecule has 1 aliphatic heterocycles. The number of nitrogens with zero attached hydrogens (tertiary/aromatic N) is 6. The Bertz CT molecular complexity index is 722. The maximum Gasteiger partial charge on any atom is 0.238 e. The van der Waals surface area contributed by atoms with Gasteiger partial charge in [-0.1, -0.05) is 0 Å². The topological polar surface area (TPSA) is 99.8 Å². The third-order valence-corrected chi connectivity index (χ3v) is 3.57. The van der Waals surface area contributed by atoms with E-state index in [1.54, 1.807) is 19.4 Å². The number of methoxy groups -OCH3 is 1. The molecule has 2 aromatic rings. The third kappa shape index (κ3) is 3.45. The van der Waals surface area contributed by atoms with Crippen molar-refractivity contribution < 1.29 is 4.74 Å². The summed E-state index contributed by atoms with van der Waals surface area (Å²) in [5, 5.41) is 12.2. The van der Waals surface area contributed by atoms with Gasteiger partial charge in [-0.15, -0.1) is 0 Å². The Morgan fingerprint density at radius 2 is 2.04 bits per heavy atom. The SMILES string of the molecule is COc1ncccc1Nc1nc(C#N)nc(N2CCCCC2)n1. The molecule has 1 fully saturated rings. The van der Waals surface area contributed by atoms with Crippen LogP contribution in [0.3, 0.4) is 0 Å². The van der Waals surface area contributed by atoms with Gasteiger partial charge in [0.1, 0.15) is 11.8 Å². The highest BCUT2D eigenvalue weighted by Gasteiger charge is 2.17. The van der Waals surface area contributed by atoms with Crippen molar-refractivity contribution in [2.75, 3.05) is 30.4 Å². The number of hydrogen-bond acceptors (Lipinski definition) is 8. The van der Waals surface area contributed by atoms with Gasteiger partial charge in [0.25, 0.3) is 0 Å². The monoisotopic (exact) mass is 311 g/mol. The molecule has 0 bridgehead atoms. The summed E-state index contributed by atoms with van der Waals surface area (Å²) in [6.45, 7) is 1.79. The molecule has 0 amide bonds. The van der Waals surface area contributed by atoms with Gasteiger partial charge < -0.3 is 15.0 Å². The molecule has 0 aliphatic carbocycles. The second kappa shape index (κ2) is 6.87. The van der Waals surface area contributed by atoms with Crippen LogP contribution in [0.15, 0.2) is 18.3 Å². The fourth-order valence-electron chi connectivity index (χ4n) is 2.48. The highest BCUT2D eigenvalue weighted by Crippen LogP contribution is 2.24. The van der Waals surface area contributed by atoms with Crippen LogP contribution in [0.1, 0.15) is 25.1 Å². The average Bonchev–Trinajstić information content (AvgIpc) is 2.62. The van der Waals surface area contributed by atoms with Gasteiger partial charge in [0.05, 0.1) is 7.11 Å². The summed E-state index contributed by atoms with van der Waals surface area (Å²) >= 11 is 0. The first-order valence-electron chi connectivity index (χ1n) is 7.47. The third-order valence-electron chi connectivity index (χ3n) is 3.57. The van der Waals surface area contributed by atoms with Crippen LogP contribution >= 0.6 is 0 Å². The Hall–Kier alpha value is -2.95. The highest BCUT2D eigenvalue weighted by atomic mass is 16.5. The van der Waals surface area contributed by atoms with Crippen molar-refractivity contribution in [3.05, 3.63) is 24.2 Å². The lowest BCUT2D eigenvalue weighted by atomic mass is 10.1. The van der Waals surface area contributed by atoms with E-state index in [9.17, 15) is 0 Å². The molecule has 3 heterocycles. The molecule has 0 radical (unpaired) electrons. The predicted octanol–water partition coefficient (Wildman–Crippen LogP) is 1.88. The number of rotatable bonds is 4. The zero-order valence-electron chi connectivity index (χ0n) is 12.9. The van der Waals surface area contributed by atoms with Crippen LogP contribution in [0.4, 0.5) is 17.6 Å². The van der Waals surface area contributed by atoms with Gasteiger partial charge in [0.15, 0.2) is 0 Å². The maximum atomic E-state index is 9.17. The van der Waals surface area contributed by atoms with Crippen molar-refractivity contribution in [1.82, 2.24) is 19.9 Å². The van der Waals surface area contributed by atoms with E-state index in [0.717, 1.165) is 25.9 Å². The number of piperidine rings is 1. The number of ether oxygens (including phenoxy) is 1. The molecule has 0 unspecified atom stereocenters. The van der Waals surface area contributed by atoms with Crippen molar-refractivity contribution in [2.45, 2.75) is 19.3 Å². The number of anilines is 3. The van der Waals surface area contributed by atoms with Crippen molar-refractivity contribution in [2.24, 2.45) is 0 Å². The highest BCUT2D eigenvalue weighted by molar-refractivity contribution is 5.60. The molecule has 23 heavy (non-hydrogen) atoms. The van der Waals surface area contributed by atoms with Gasteiger partial charge in [-0.3, -0.25) is 0 Å². The van der Waals surface area contributed by atoms with E-state index in [-0.39, 0.29) is 5.82 Å². The van der Waals surface area contributed by atoms with Crippen LogP contribution < -0.4 is 15.0 Å². The maximum absolute atomic E-state index is 9.17. The summed E-state index contributed by atoms with van der Waals surface area (Å²) in [5.41, 5.74) is 0.634. The Morgan fingerprint density at radius 3 is 2.78 bits per heavy atom. The number of nitriles is 1. The van der Waals surface area contributed by atoms with E-state index in [0.29, 0.717) is 23.5 Å². The summed E-state index contributed by atoms with van der Waals surface area (Å²) in [6, 6.07) is 5.57. The summed E-state index contributed by atoms with van der Waals surface area (Å²) in [5.74, 6) is 1.36. The van der Waals surface area contributed by atoms with Crippen LogP contribution in [0.2, 0.25) is 0 Å². The van der Waals surface area contributed by atoms with Crippen LogP contribution in [0.5, 0.6) is 5.88 Å². The first-order chi connectivity index (χ1) is 11.3. The fraction of sp³-hybridized carbons (Fsp3) is 0.400. The molecular formula is C15H17N7O. The van der Waals surface area contributed by atoms with Gasteiger partial charge in [0, 0.05) is 19.3 Å². The van der Waals surface area contributed by atoms with Crippen molar-refractivity contribution in [3.63, 3.8) is 0 Å². The normalized spacial score (nSPS) is 14.2. The first-order valence-corrected chi connectivity index (χ1v) is 7.47. The molecule has 3 rings (SSSR count). The first kappa shape index (κ1) is 15.0. The van der Waals surface area contributed by atoms with Gasteiger partial charge in [-0.2, -0.15) is 20.2 Å². The minimum atomic E-state index is 0.0888. The smallest absolute Gasteiger partial charge is 0.238 e. The lowest BCUT2D eigenvalue weighted by molar-refractivity contribution is 0.400. The molecule has 2 aromatic heterocycles. The zero-order chi connectivity index (χ0) is 16.1. The average molecular weight is 311 g/mol.